The average Bonchev–Trinajstić information content (AvgIpc) is 2.26. The van der Waals surface area contributed by atoms with Crippen LogP contribution < -0.4 is 0 Å². The second kappa shape index (κ2) is 5.76. The Morgan fingerprint density at radius 2 is 1.93 bits per heavy atom. The van der Waals surface area contributed by atoms with E-state index in [4.69, 9.17) is 0 Å². The van der Waals surface area contributed by atoms with Gasteiger partial charge in [0.05, 0.1) is 6.61 Å². The van der Waals surface area contributed by atoms with Gasteiger partial charge in [-0.05, 0) is 23.5 Å². The van der Waals surface area contributed by atoms with Crippen LogP contribution in [0.15, 0.2) is 24.3 Å². The van der Waals surface area contributed by atoms with Gasteiger partial charge in [-0.25, -0.2) is 4.39 Å². The Labute approximate surface area is 84.9 Å². The average molecular weight is 196 g/mol. The summed E-state index contributed by atoms with van der Waals surface area (Å²) in [7, 11) is 0. The first-order valence-corrected chi connectivity index (χ1v) is 5.00. The Bertz CT molecular complexity index is 256. The van der Waals surface area contributed by atoms with E-state index in [2.05, 4.69) is 30.7 Å². The molecule has 1 aromatic carbocycles. The fraction of sp³-hybridized carbons (Fsp3) is 0.500. The van der Waals surface area contributed by atoms with Crippen molar-refractivity contribution in [3.05, 3.63) is 35.4 Å². The van der Waals surface area contributed by atoms with Gasteiger partial charge in [-0.1, -0.05) is 38.1 Å². The van der Waals surface area contributed by atoms with Crippen LogP contribution in [0.5, 0.6) is 0 Å². The fourth-order valence-corrected chi connectivity index (χ4v) is 1.33. The summed E-state index contributed by atoms with van der Waals surface area (Å²) in [5, 5.41) is 0. The smallest absolute Gasteiger partial charge is 0.188 e. The second-order valence-electron chi connectivity index (χ2n) is 3.51. The molecule has 2 heteroatoms. The lowest BCUT2D eigenvalue weighted by Crippen LogP contribution is -1.94. The number of ether oxygens (including phenoxy) is 1. The summed E-state index contributed by atoms with van der Waals surface area (Å²) < 4.78 is 16.4. The number of benzene rings is 1. The van der Waals surface area contributed by atoms with Crippen molar-refractivity contribution in [1.82, 2.24) is 0 Å². The molecule has 1 nitrogen and oxygen atoms in total. The van der Waals surface area contributed by atoms with E-state index < -0.39 is 6.86 Å². The minimum Gasteiger partial charge on any atom is -0.346 e. The predicted molar refractivity (Wildman–Crippen MR) is 55.9 cm³/mol. The molecule has 0 saturated heterocycles. The third kappa shape index (κ3) is 3.11. The number of hydrogen-bond donors (Lipinski definition) is 0. The largest absolute Gasteiger partial charge is 0.346 e. The Hall–Kier alpha value is -0.890. The van der Waals surface area contributed by atoms with Crippen LogP contribution in [0.3, 0.4) is 0 Å². The van der Waals surface area contributed by atoms with Crippen LogP contribution >= 0.6 is 0 Å². The van der Waals surface area contributed by atoms with Crippen molar-refractivity contribution in [1.29, 1.82) is 0 Å². The molecule has 0 radical (unpaired) electrons. The van der Waals surface area contributed by atoms with Crippen LogP contribution in [0.25, 0.3) is 0 Å². The van der Waals surface area contributed by atoms with Crippen molar-refractivity contribution >= 4 is 0 Å². The maximum absolute atomic E-state index is 11.7. The van der Waals surface area contributed by atoms with Crippen molar-refractivity contribution < 1.29 is 9.13 Å². The summed E-state index contributed by atoms with van der Waals surface area (Å²) in [6, 6.07) is 8.17. The lowest BCUT2D eigenvalue weighted by Gasteiger charge is -2.09. The lowest BCUT2D eigenvalue weighted by atomic mass is 9.98. The van der Waals surface area contributed by atoms with Gasteiger partial charge >= 0.3 is 0 Å². The summed E-state index contributed by atoms with van der Waals surface area (Å²) >= 11 is 0. The summed E-state index contributed by atoms with van der Waals surface area (Å²) in [4.78, 5) is 0. The fourth-order valence-electron chi connectivity index (χ4n) is 1.33. The number of halogens is 1. The van der Waals surface area contributed by atoms with E-state index in [-0.39, 0.29) is 0 Å². The van der Waals surface area contributed by atoms with Crippen molar-refractivity contribution in [3.63, 3.8) is 0 Å². The molecule has 0 fully saturated rings. The van der Waals surface area contributed by atoms with Crippen LogP contribution in [-0.4, -0.2) is 6.86 Å². The van der Waals surface area contributed by atoms with Gasteiger partial charge in [-0.2, -0.15) is 0 Å². The molecule has 0 heterocycles. The summed E-state index contributed by atoms with van der Waals surface area (Å²) in [6.45, 7) is 4.02. The maximum atomic E-state index is 11.7. The molecule has 1 rings (SSSR count). The van der Waals surface area contributed by atoms with E-state index in [0.717, 1.165) is 12.0 Å². The van der Waals surface area contributed by atoms with Crippen LogP contribution in [0.1, 0.15) is 37.3 Å². The van der Waals surface area contributed by atoms with E-state index in [1.54, 1.807) is 0 Å². The Morgan fingerprint density at radius 3 is 2.43 bits per heavy atom. The monoisotopic (exact) mass is 196 g/mol. The second-order valence-corrected chi connectivity index (χ2v) is 3.51. The molecule has 0 spiro atoms. The molecule has 0 saturated carbocycles. The van der Waals surface area contributed by atoms with Gasteiger partial charge in [0.15, 0.2) is 6.86 Å². The quantitative estimate of drug-likeness (QED) is 0.698. The first-order valence-electron chi connectivity index (χ1n) is 5.00. The summed E-state index contributed by atoms with van der Waals surface area (Å²) in [5.41, 5.74) is 2.35. The zero-order chi connectivity index (χ0) is 10.4. The molecule has 0 bridgehead atoms. The first kappa shape index (κ1) is 11.2. The molecule has 1 unspecified atom stereocenters. The third-order valence-electron chi connectivity index (χ3n) is 2.51. The van der Waals surface area contributed by atoms with Gasteiger partial charge in [0.2, 0.25) is 0 Å². The molecule has 78 valence electrons. The van der Waals surface area contributed by atoms with E-state index in [9.17, 15) is 4.39 Å². The van der Waals surface area contributed by atoms with Gasteiger partial charge in [0.25, 0.3) is 0 Å². The molecular formula is C12H17FO. The minimum atomic E-state index is -0.715. The maximum Gasteiger partial charge on any atom is 0.188 e. The first-order chi connectivity index (χ1) is 6.77. The Morgan fingerprint density at radius 1 is 1.29 bits per heavy atom. The molecule has 0 N–H and O–H groups in total. The van der Waals surface area contributed by atoms with Crippen molar-refractivity contribution in [2.75, 3.05) is 6.86 Å². The van der Waals surface area contributed by atoms with Gasteiger partial charge in [-0.15, -0.1) is 0 Å². The van der Waals surface area contributed by atoms with Crippen molar-refractivity contribution in [2.24, 2.45) is 0 Å². The Balaban J connectivity index is 2.59. The third-order valence-corrected chi connectivity index (χ3v) is 2.51. The van der Waals surface area contributed by atoms with Crippen molar-refractivity contribution in [2.45, 2.75) is 32.8 Å². The molecule has 0 amide bonds. The van der Waals surface area contributed by atoms with E-state index in [1.165, 1.54) is 5.56 Å². The highest BCUT2D eigenvalue weighted by Gasteiger charge is 2.01. The molecule has 1 atom stereocenters. The zero-order valence-corrected chi connectivity index (χ0v) is 8.79. The van der Waals surface area contributed by atoms with Gasteiger partial charge in [0, 0.05) is 0 Å². The molecule has 0 aliphatic rings. The van der Waals surface area contributed by atoms with E-state index in [1.807, 2.05) is 12.1 Å². The molecular weight excluding hydrogens is 179 g/mol. The van der Waals surface area contributed by atoms with Crippen LogP contribution in [0, 0.1) is 0 Å². The Kier molecular flexibility index (Phi) is 4.60. The van der Waals surface area contributed by atoms with Gasteiger partial charge in [0.1, 0.15) is 0 Å². The predicted octanol–water partition coefficient (Wildman–Crippen LogP) is 3.64. The highest BCUT2D eigenvalue weighted by molar-refractivity contribution is 5.24. The van der Waals surface area contributed by atoms with Crippen LogP contribution in [-0.2, 0) is 11.3 Å². The number of alkyl halides is 1. The normalized spacial score (nSPS) is 12.8. The summed E-state index contributed by atoms with van der Waals surface area (Å²) in [5.74, 6) is 0.589. The van der Waals surface area contributed by atoms with Gasteiger partial charge < -0.3 is 4.74 Å². The topological polar surface area (TPSA) is 9.23 Å². The summed E-state index contributed by atoms with van der Waals surface area (Å²) in [6.07, 6.45) is 1.14. The molecule has 1 aromatic rings. The minimum absolute atomic E-state index is 0.358. The van der Waals surface area contributed by atoms with E-state index in [0.29, 0.717) is 12.5 Å². The molecule has 0 aliphatic heterocycles. The SMILES string of the molecule is CCC(C)c1ccc(COCF)cc1. The zero-order valence-electron chi connectivity index (χ0n) is 8.79. The standard InChI is InChI=1S/C12H17FO/c1-3-10(2)12-6-4-11(5-7-12)8-14-9-13/h4-7,10H,3,8-9H2,1-2H3. The highest BCUT2D eigenvalue weighted by atomic mass is 19.1. The molecule has 0 aromatic heterocycles. The van der Waals surface area contributed by atoms with Crippen LogP contribution in [0.4, 0.5) is 4.39 Å². The van der Waals surface area contributed by atoms with E-state index >= 15 is 0 Å². The van der Waals surface area contributed by atoms with Crippen molar-refractivity contribution in [3.8, 4) is 0 Å². The highest BCUT2D eigenvalue weighted by Crippen LogP contribution is 2.18. The van der Waals surface area contributed by atoms with Gasteiger partial charge in [-0.3, -0.25) is 0 Å². The lowest BCUT2D eigenvalue weighted by molar-refractivity contribution is 0.0462. The number of rotatable bonds is 5. The molecule has 14 heavy (non-hydrogen) atoms. The number of hydrogen-bond acceptors (Lipinski definition) is 1. The van der Waals surface area contributed by atoms with Crippen LogP contribution in [0.2, 0.25) is 0 Å². The molecule has 0 aliphatic carbocycles.